The van der Waals surface area contributed by atoms with Crippen LogP contribution in [0.15, 0.2) is 42.5 Å². The van der Waals surface area contributed by atoms with Crippen molar-refractivity contribution in [3.8, 4) is 5.75 Å². The Bertz CT molecular complexity index is 1170. The van der Waals surface area contributed by atoms with E-state index in [2.05, 4.69) is 29.6 Å². The van der Waals surface area contributed by atoms with Gasteiger partial charge >= 0.3 is 6.09 Å². The lowest BCUT2D eigenvalue weighted by molar-refractivity contribution is 0.191. The van der Waals surface area contributed by atoms with E-state index in [0.717, 1.165) is 61.1 Å². The molecule has 1 heterocycles. The van der Waals surface area contributed by atoms with E-state index >= 15 is 0 Å². The molecule has 7 nitrogen and oxygen atoms in total. The van der Waals surface area contributed by atoms with E-state index in [4.69, 9.17) is 14.7 Å². The van der Waals surface area contributed by atoms with Gasteiger partial charge in [-0.3, -0.25) is 0 Å². The zero-order valence-corrected chi connectivity index (χ0v) is 20.0. The van der Waals surface area contributed by atoms with E-state index in [0.29, 0.717) is 11.8 Å². The molecule has 7 heteroatoms. The smallest absolute Gasteiger partial charge is 0.410 e. The Hall–Kier alpha value is -3.35. The van der Waals surface area contributed by atoms with Crippen LogP contribution in [0.3, 0.4) is 0 Å². The molecular weight excluding hydrogens is 426 g/mol. The van der Waals surface area contributed by atoms with Gasteiger partial charge in [-0.15, -0.1) is 0 Å². The Balaban J connectivity index is 1.14. The highest BCUT2D eigenvalue weighted by atomic mass is 16.6. The zero-order valence-electron chi connectivity index (χ0n) is 20.0. The summed E-state index contributed by atoms with van der Waals surface area (Å²) in [4.78, 5) is 24.2. The lowest BCUT2D eigenvalue weighted by Gasteiger charge is -2.30. The van der Waals surface area contributed by atoms with E-state index in [-0.39, 0.29) is 12.1 Å². The van der Waals surface area contributed by atoms with Gasteiger partial charge in [0.2, 0.25) is 5.95 Å². The molecule has 1 aromatic heterocycles. The van der Waals surface area contributed by atoms with Crippen LogP contribution < -0.4 is 20.3 Å². The number of hydrogen-bond donors (Lipinski definition) is 2. The fourth-order valence-electron chi connectivity index (χ4n) is 5.11. The molecule has 3 aromatic rings. The van der Waals surface area contributed by atoms with Gasteiger partial charge in [0.05, 0.1) is 5.69 Å². The number of benzene rings is 2. The summed E-state index contributed by atoms with van der Waals surface area (Å²) in [5.41, 5.74) is 2.50. The maximum atomic E-state index is 12.5. The van der Waals surface area contributed by atoms with E-state index in [9.17, 15) is 4.79 Å². The third-order valence-electron chi connectivity index (χ3n) is 6.90. The Morgan fingerprint density at radius 2 is 1.68 bits per heavy atom. The highest BCUT2D eigenvalue weighted by molar-refractivity contribution is 5.84. The van der Waals surface area contributed by atoms with Gasteiger partial charge in [0.25, 0.3) is 0 Å². The fraction of sp³-hybridized carbons (Fsp3) is 0.444. The molecule has 1 saturated carbocycles. The summed E-state index contributed by atoms with van der Waals surface area (Å²) in [6.45, 7) is 0. The van der Waals surface area contributed by atoms with Crippen molar-refractivity contribution in [2.24, 2.45) is 0 Å². The molecule has 0 aliphatic heterocycles. The Morgan fingerprint density at radius 3 is 2.47 bits per heavy atom. The number of fused-ring (bicyclic) bond motifs is 2. The molecule has 2 N–H and O–H groups in total. The van der Waals surface area contributed by atoms with Crippen molar-refractivity contribution in [3.05, 3.63) is 53.7 Å². The molecule has 2 aliphatic rings. The number of amides is 1. The quantitative estimate of drug-likeness (QED) is 0.554. The van der Waals surface area contributed by atoms with Crippen molar-refractivity contribution in [2.75, 3.05) is 24.3 Å². The minimum atomic E-state index is -0.389. The molecule has 1 amide bonds. The van der Waals surface area contributed by atoms with Gasteiger partial charge in [-0.1, -0.05) is 30.3 Å². The van der Waals surface area contributed by atoms with E-state index < -0.39 is 0 Å². The summed E-state index contributed by atoms with van der Waals surface area (Å²) in [6, 6.07) is 14.2. The second kappa shape index (κ2) is 9.87. The first-order valence-corrected chi connectivity index (χ1v) is 12.4. The van der Waals surface area contributed by atoms with Crippen LogP contribution in [0, 0.1) is 0 Å². The zero-order chi connectivity index (χ0) is 23.5. The number of anilines is 2. The maximum Gasteiger partial charge on any atom is 0.412 e. The first kappa shape index (κ1) is 22.4. The summed E-state index contributed by atoms with van der Waals surface area (Å²) in [6.07, 6.45) is 7.83. The molecule has 5 rings (SSSR count). The average Bonchev–Trinajstić information content (AvgIpc) is 2.84. The number of carbonyl (C=O) groups is 1. The van der Waals surface area contributed by atoms with Crippen molar-refractivity contribution >= 4 is 28.6 Å². The van der Waals surface area contributed by atoms with E-state index in [1.165, 1.54) is 24.1 Å². The van der Waals surface area contributed by atoms with Crippen LogP contribution in [0.25, 0.3) is 10.8 Å². The normalized spacial score (nSPS) is 19.8. The van der Waals surface area contributed by atoms with E-state index in [1.54, 1.807) is 0 Å². The average molecular weight is 460 g/mol. The lowest BCUT2D eigenvalue weighted by atomic mass is 9.91. The second-order valence-electron chi connectivity index (χ2n) is 9.63. The number of aromatic nitrogens is 2. The second-order valence-corrected chi connectivity index (χ2v) is 9.63. The fourth-order valence-corrected chi connectivity index (χ4v) is 5.11. The molecule has 0 saturated heterocycles. The summed E-state index contributed by atoms with van der Waals surface area (Å²) in [5, 5.41) is 8.79. The Labute approximate surface area is 200 Å². The van der Waals surface area contributed by atoms with Crippen LogP contribution in [0.4, 0.5) is 16.6 Å². The summed E-state index contributed by atoms with van der Waals surface area (Å²) in [5.74, 6) is 2.34. The first-order valence-electron chi connectivity index (χ1n) is 12.4. The van der Waals surface area contributed by atoms with Crippen LogP contribution in [0.5, 0.6) is 5.75 Å². The first-order chi connectivity index (χ1) is 16.5. The molecule has 34 heavy (non-hydrogen) atoms. The predicted molar refractivity (Wildman–Crippen MR) is 136 cm³/mol. The van der Waals surface area contributed by atoms with Crippen molar-refractivity contribution in [2.45, 2.75) is 63.5 Å². The molecule has 0 bridgehead atoms. The number of hydrogen-bond acceptors (Lipinski definition) is 6. The molecule has 0 spiro atoms. The number of rotatable bonds is 5. The number of nitrogens with zero attached hydrogens (tertiary/aromatic N) is 3. The van der Waals surface area contributed by atoms with Crippen LogP contribution >= 0.6 is 0 Å². The van der Waals surface area contributed by atoms with Crippen LogP contribution in [0.2, 0.25) is 0 Å². The maximum absolute atomic E-state index is 12.5. The number of ether oxygens (including phenoxy) is 1. The molecule has 1 fully saturated rings. The molecule has 2 aromatic carbocycles. The van der Waals surface area contributed by atoms with Crippen molar-refractivity contribution in [1.29, 1.82) is 0 Å². The van der Waals surface area contributed by atoms with Gasteiger partial charge in [-0.2, -0.15) is 4.98 Å². The predicted octanol–water partition coefficient (Wildman–Crippen LogP) is 5.09. The lowest BCUT2D eigenvalue weighted by Crippen LogP contribution is -2.41. The van der Waals surface area contributed by atoms with Gasteiger partial charge in [-0.25, -0.2) is 9.78 Å². The summed E-state index contributed by atoms with van der Waals surface area (Å²) < 4.78 is 5.55. The highest BCUT2D eigenvalue weighted by Gasteiger charge is 2.25. The third-order valence-corrected chi connectivity index (χ3v) is 6.90. The van der Waals surface area contributed by atoms with Crippen LogP contribution in [-0.2, 0) is 12.8 Å². The molecule has 2 aliphatic carbocycles. The molecule has 178 valence electrons. The largest absolute Gasteiger partial charge is 0.412 e. The highest BCUT2D eigenvalue weighted by Crippen LogP contribution is 2.29. The minimum Gasteiger partial charge on any atom is -0.410 e. The van der Waals surface area contributed by atoms with Gasteiger partial charge in [0.15, 0.2) is 0 Å². The van der Waals surface area contributed by atoms with Crippen molar-refractivity contribution in [3.63, 3.8) is 0 Å². The van der Waals surface area contributed by atoms with Crippen molar-refractivity contribution in [1.82, 2.24) is 15.3 Å². The SMILES string of the molecule is CN(C)c1nc(NC2CCC(NC(=O)Oc3ccc4ccccc4c3)CC2)nc2c1CCCC2. The van der Waals surface area contributed by atoms with Gasteiger partial charge < -0.3 is 20.3 Å². The third kappa shape index (κ3) is 5.08. The topological polar surface area (TPSA) is 79.4 Å². The van der Waals surface area contributed by atoms with Crippen LogP contribution in [0.1, 0.15) is 49.8 Å². The van der Waals surface area contributed by atoms with Crippen LogP contribution in [-0.4, -0.2) is 42.2 Å². The molecule has 0 radical (unpaired) electrons. The van der Waals surface area contributed by atoms with Gasteiger partial charge in [0, 0.05) is 31.7 Å². The van der Waals surface area contributed by atoms with E-state index in [1.807, 2.05) is 42.5 Å². The van der Waals surface area contributed by atoms with Gasteiger partial charge in [0.1, 0.15) is 11.6 Å². The molecule has 0 unspecified atom stereocenters. The van der Waals surface area contributed by atoms with Gasteiger partial charge in [-0.05, 0) is 74.3 Å². The molecular formula is C27H33N5O2. The Kier molecular flexibility index (Phi) is 6.52. The number of aryl methyl sites for hydroxylation is 1. The number of nitrogens with one attached hydrogen (secondary N) is 2. The Morgan fingerprint density at radius 1 is 0.941 bits per heavy atom. The standard InChI is InChI=1S/C27H33N5O2/c1-32(2)25-23-9-5-6-10-24(23)30-26(31-25)28-20-12-14-21(15-13-20)29-27(33)34-22-16-11-18-7-3-4-8-19(18)17-22/h3-4,7-8,11,16-17,20-21H,5-6,9-10,12-15H2,1-2H3,(H,29,33)(H,28,30,31). The number of carbonyl (C=O) groups excluding carboxylic acids is 1. The summed E-state index contributed by atoms with van der Waals surface area (Å²) >= 11 is 0. The summed E-state index contributed by atoms with van der Waals surface area (Å²) in [7, 11) is 4.10. The monoisotopic (exact) mass is 459 g/mol. The minimum absolute atomic E-state index is 0.118. The molecule has 0 atom stereocenters. The van der Waals surface area contributed by atoms with Crippen molar-refractivity contribution < 1.29 is 9.53 Å².